The van der Waals surface area contributed by atoms with Crippen molar-refractivity contribution in [2.75, 3.05) is 7.11 Å². The van der Waals surface area contributed by atoms with Crippen LogP contribution >= 0.6 is 0 Å². The third kappa shape index (κ3) is 2.03. The molecule has 4 nitrogen and oxygen atoms in total. The minimum absolute atomic E-state index is 0.483. The molecule has 0 saturated carbocycles. The topological polar surface area (TPSA) is 53.1 Å². The second-order valence-corrected chi connectivity index (χ2v) is 4.02. The Morgan fingerprint density at radius 3 is 2.76 bits per heavy atom. The number of hydrogen-bond acceptors (Lipinski definition) is 3. The molecule has 0 fully saturated rings. The van der Waals surface area contributed by atoms with E-state index < -0.39 is 0 Å². The summed E-state index contributed by atoms with van der Waals surface area (Å²) in [4.78, 5) is 0. The van der Waals surface area contributed by atoms with Gasteiger partial charge in [0.1, 0.15) is 5.75 Å². The Balaban J connectivity index is 2.49. The highest BCUT2D eigenvalue weighted by atomic mass is 16.5. The number of nitrogens with zero attached hydrogens (tertiary/aromatic N) is 2. The van der Waals surface area contributed by atoms with Crippen LogP contribution in [0.1, 0.15) is 11.3 Å². The number of rotatable bonds is 3. The second-order valence-electron chi connectivity index (χ2n) is 4.02. The zero-order valence-electron chi connectivity index (χ0n) is 10.4. The summed E-state index contributed by atoms with van der Waals surface area (Å²) >= 11 is 0. The van der Waals surface area contributed by atoms with Crippen LogP contribution in [-0.2, 0) is 13.6 Å². The van der Waals surface area contributed by atoms with E-state index in [1.807, 2.05) is 37.0 Å². The maximum atomic E-state index is 5.74. The fraction of sp³-hybridized carbons (Fsp3) is 0.308. The monoisotopic (exact) mass is 231 g/mol. The van der Waals surface area contributed by atoms with Crippen LogP contribution in [0.3, 0.4) is 0 Å². The van der Waals surface area contributed by atoms with Crippen LogP contribution in [0.5, 0.6) is 5.75 Å². The molecule has 2 rings (SSSR count). The molecular formula is C13H17N3O. The molecule has 0 amide bonds. The number of hydrogen-bond donors (Lipinski definition) is 1. The molecular weight excluding hydrogens is 214 g/mol. The van der Waals surface area contributed by atoms with Gasteiger partial charge in [0, 0.05) is 19.2 Å². The summed E-state index contributed by atoms with van der Waals surface area (Å²) in [7, 11) is 3.58. The van der Waals surface area contributed by atoms with Crippen molar-refractivity contribution in [3.63, 3.8) is 0 Å². The summed E-state index contributed by atoms with van der Waals surface area (Å²) in [5.41, 5.74) is 10.1. The molecule has 17 heavy (non-hydrogen) atoms. The molecule has 1 aromatic carbocycles. The van der Waals surface area contributed by atoms with Crippen LogP contribution in [0.2, 0.25) is 0 Å². The molecule has 0 spiro atoms. The van der Waals surface area contributed by atoms with Gasteiger partial charge in [0.2, 0.25) is 0 Å². The van der Waals surface area contributed by atoms with Gasteiger partial charge < -0.3 is 10.5 Å². The van der Waals surface area contributed by atoms with Gasteiger partial charge in [-0.25, -0.2) is 0 Å². The predicted octanol–water partition coefficient (Wildman–Crippen LogP) is 1.86. The highest BCUT2D eigenvalue weighted by Gasteiger charge is 2.10. The fourth-order valence-electron chi connectivity index (χ4n) is 1.99. The molecule has 0 aliphatic rings. The first kappa shape index (κ1) is 11.7. The van der Waals surface area contributed by atoms with Gasteiger partial charge >= 0.3 is 0 Å². The van der Waals surface area contributed by atoms with Crippen molar-refractivity contribution < 1.29 is 4.74 Å². The van der Waals surface area contributed by atoms with Crippen LogP contribution < -0.4 is 10.5 Å². The van der Waals surface area contributed by atoms with Crippen LogP contribution in [-0.4, -0.2) is 16.9 Å². The van der Waals surface area contributed by atoms with Crippen LogP contribution in [0, 0.1) is 6.92 Å². The van der Waals surface area contributed by atoms with E-state index in [0.717, 1.165) is 28.1 Å². The summed E-state index contributed by atoms with van der Waals surface area (Å²) in [5, 5.41) is 4.24. The SMILES string of the molecule is COc1ccc(-c2cnn(C)c2CN)cc1C. The Labute approximate surface area is 101 Å². The van der Waals surface area contributed by atoms with Gasteiger partial charge in [-0.2, -0.15) is 5.10 Å². The Morgan fingerprint density at radius 2 is 2.18 bits per heavy atom. The Kier molecular flexibility index (Phi) is 3.15. The summed E-state index contributed by atoms with van der Waals surface area (Å²) < 4.78 is 7.07. The number of ether oxygens (including phenoxy) is 1. The molecule has 2 N–H and O–H groups in total. The third-order valence-corrected chi connectivity index (χ3v) is 2.96. The molecule has 0 radical (unpaired) electrons. The van der Waals surface area contributed by atoms with Gasteiger partial charge in [0.25, 0.3) is 0 Å². The molecule has 0 bridgehead atoms. The minimum atomic E-state index is 0.483. The third-order valence-electron chi connectivity index (χ3n) is 2.96. The van der Waals surface area contributed by atoms with Gasteiger partial charge in [-0.1, -0.05) is 6.07 Å². The van der Waals surface area contributed by atoms with E-state index in [1.54, 1.807) is 7.11 Å². The number of nitrogens with two attached hydrogens (primary N) is 1. The highest BCUT2D eigenvalue weighted by molar-refractivity contribution is 5.67. The largest absolute Gasteiger partial charge is 0.496 e. The lowest BCUT2D eigenvalue weighted by atomic mass is 10.0. The normalized spacial score (nSPS) is 10.6. The van der Waals surface area contributed by atoms with Crippen LogP contribution in [0.15, 0.2) is 24.4 Å². The second kappa shape index (κ2) is 4.59. The first-order valence-corrected chi connectivity index (χ1v) is 5.53. The van der Waals surface area contributed by atoms with Gasteiger partial charge in [-0.3, -0.25) is 4.68 Å². The fourth-order valence-corrected chi connectivity index (χ4v) is 1.99. The van der Waals surface area contributed by atoms with Crippen molar-refractivity contribution in [2.24, 2.45) is 12.8 Å². The van der Waals surface area contributed by atoms with Gasteiger partial charge in [-0.15, -0.1) is 0 Å². The summed E-state index contributed by atoms with van der Waals surface area (Å²) in [6.45, 7) is 2.51. The lowest BCUT2D eigenvalue weighted by Gasteiger charge is -2.08. The molecule has 0 aliphatic heterocycles. The van der Waals surface area contributed by atoms with Crippen molar-refractivity contribution in [1.29, 1.82) is 0 Å². The van der Waals surface area contributed by atoms with Crippen molar-refractivity contribution in [2.45, 2.75) is 13.5 Å². The summed E-state index contributed by atoms with van der Waals surface area (Å²) in [6.07, 6.45) is 1.85. The maximum absolute atomic E-state index is 5.74. The Bertz CT molecular complexity index is 531. The minimum Gasteiger partial charge on any atom is -0.496 e. The molecule has 1 aromatic heterocycles. The molecule has 0 aliphatic carbocycles. The number of aryl methyl sites for hydroxylation is 2. The van der Waals surface area contributed by atoms with Crippen molar-refractivity contribution >= 4 is 0 Å². The van der Waals surface area contributed by atoms with Crippen molar-refractivity contribution in [1.82, 2.24) is 9.78 Å². The molecule has 0 saturated heterocycles. The quantitative estimate of drug-likeness (QED) is 0.877. The molecule has 1 heterocycles. The van der Waals surface area contributed by atoms with Crippen LogP contribution in [0.25, 0.3) is 11.1 Å². The average molecular weight is 231 g/mol. The van der Waals surface area contributed by atoms with Crippen molar-refractivity contribution in [3.8, 4) is 16.9 Å². The van der Waals surface area contributed by atoms with Gasteiger partial charge in [-0.05, 0) is 30.2 Å². The molecule has 0 unspecified atom stereocenters. The lowest BCUT2D eigenvalue weighted by molar-refractivity contribution is 0.412. The smallest absolute Gasteiger partial charge is 0.121 e. The number of benzene rings is 1. The van der Waals surface area contributed by atoms with E-state index in [9.17, 15) is 0 Å². The first-order chi connectivity index (χ1) is 8.17. The van der Waals surface area contributed by atoms with Gasteiger partial charge in [0.15, 0.2) is 0 Å². The van der Waals surface area contributed by atoms with E-state index in [1.165, 1.54) is 0 Å². The molecule has 2 aromatic rings. The van der Waals surface area contributed by atoms with E-state index in [0.29, 0.717) is 6.54 Å². The van der Waals surface area contributed by atoms with Crippen LogP contribution in [0.4, 0.5) is 0 Å². The first-order valence-electron chi connectivity index (χ1n) is 5.53. The molecule has 4 heteroatoms. The zero-order chi connectivity index (χ0) is 12.4. The highest BCUT2D eigenvalue weighted by Crippen LogP contribution is 2.27. The Hall–Kier alpha value is -1.81. The molecule has 90 valence electrons. The van der Waals surface area contributed by atoms with E-state index in [4.69, 9.17) is 10.5 Å². The Morgan fingerprint density at radius 1 is 1.41 bits per heavy atom. The zero-order valence-corrected chi connectivity index (χ0v) is 10.4. The van der Waals surface area contributed by atoms with Crippen molar-refractivity contribution in [3.05, 3.63) is 35.7 Å². The number of methoxy groups -OCH3 is 1. The molecule has 0 atom stereocenters. The van der Waals surface area contributed by atoms with E-state index in [-0.39, 0.29) is 0 Å². The van der Waals surface area contributed by atoms with E-state index >= 15 is 0 Å². The standard InChI is InChI=1S/C13H17N3O/c1-9-6-10(4-5-13(9)17-3)11-8-15-16(2)12(11)7-14/h4-6,8H,7,14H2,1-3H3. The summed E-state index contributed by atoms with van der Waals surface area (Å²) in [5.74, 6) is 0.895. The summed E-state index contributed by atoms with van der Waals surface area (Å²) in [6, 6.07) is 6.09. The lowest BCUT2D eigenvalue weighted by Crippen LogP contribution is -2.05. The number of aromatic nitrogens is 2. The average Bonchev–Trinajstić information content (AvgIpc) is 2.70. The van der Waals surface area contributed by atoms with E-state index in [2.05, 4.69) is 11.2 Å². The maximum Gasteiger partial charge on any atom is 0.121 e. The predicted molar refractivity (Wildman–Crippen MR) is 67.8 cm³/mol. The van der Waals surface area contributed by atoms with Gasteiger partial charge in [0.05, 0.1) is 19.0 Å².